The molecule has 33 heavy (non-hydrogen) atoms. The lowest BCUT2D eigenvalue weighted by Gasteiger charge is -2.10. The number of rotatable bonds is 9. The SMILES string of the molecule is COc1ccc(-c2noc(CCC(=O)Nc3ccccc3Sc3ccccc3)n2)cc1OC. The first-order chi connectivity index (χ1) is 16.2. The highest BCUT2D eigenvalue weighted by atomic mass is 32.2. The molecule has 4 rings (SSSR count). The van der Waals surface area contributed by atoms with E-state index in [1.54, 1.807) is 38.1 Å². The smallest absolute Gasteiger partial charge is 0.227 e. The average Bonchev–Trinajstić information content (AvgIpc) is 3.33. The van der Waals surface area contributed by atoms with Crippen LogP contribution in [0.25, 0.3) is 11.4 Å². The van der Waals surface area contributed by atoms with Gasteiger partial charge in [0.15, 0.2) is 11.5 Å². The summed E-state index contributed by atoms with van der Waals surface area (Å²) >= 11 is 1.60. The second-order valence-electron chi connectivity index (χ2n) is 7.04. The third-order valence-corrected chi connectivity index (χ3v) is 5.89. The minimum atomic E-state index is -0.123. The Kier molecular flexibility index (Phi) is 7.26. The predicted molar refractivity (Wildman–Crippen MR) is 127 cm³/mol. The molecule has 0 fully saturated rings. The van der Waals surface area contributed by atoms with Crippen LogP contribution in [0.2, 0.25) is 0 Å². The van der Waals surface area contributed by atoms with Gasteiger partial charge < -0.3 is 19.3 Å². The van der Waals surface area contributed by atoms with Crippen LogP contribution < -0.4 is 14.8 Å². The Morgan fingerprint density at radius 2 is 1.73 bits per heavy atom. The van der Waals surface area contributed by atoms with E-state index in [-0.39, 0.29) is 12.3 Å². The highest BCUT2D eigenvalue weighted by Crippen LogP contribution is 2.33. The van der Waals surface area contributed by atoms with E-state index >= 15 is 0 Å². The van der Waals surface area contributed by atoms with E-state index in [9.17, 15) is 4.79 Å². The second kappa shape index (κ2) is 10.7. The Bertz CT molecular complexity index is 1230. The minimum Gasteiger partial charge on any atom is -0.493 e. The number of ether oxygens (including phenoxy) is 2. The molecule has 4 aromatic rings. The van der Waals surface area contributed by atoms with Crippen molar-refractivity contribution in [2.75, 3.05) is 19.5 Å². The fourth-order valence-electron chi connectivity index (χ4n) is 3.16. The van der Waals surface area contributed by atoms with Crippen LogP contribution in [0.15, 0.2) is 87.1 Å². The Morgan fingerprint density at radius 1 is 0.970 bits per heavy atom. The number of aromatic nitrogens is 2. The van der Waals surface area contributed by atoms with Crippen molar-refractivity contribution in [3.05, 3.63) is 78.7 Å². The van der Waals surface area contributed by atoms with Crippen LogP contribution in [0.4, 0.5) is 5.69 Å². The van der Waals surface area contributed by atoms with E-state index < -0.39 is 0 Å². The molecule has 1 heterocycles. The fraction of sp³-hybridized carbons (Fsp3) is 0.160. The first kappa shape index (κ1) is 22.4. The highest BCUT2D eigenvalue weighted by Gasteiger charge is 2.14. The molecule has 0 bridgehead atoms. The van der Waals surface area contributed by atoms with Crippen LogP contribution in [0.3, 0.4) is 0 Å². The first-order valence-corrected chi connectivity index (χ1v) is 11.1. The van der Waals surface area contributed by atoms with Gasteiger partial charge in [0.1, 0.15) is 0 Å². The van der Waals surface area contributed by atoms with Crippen molar-refractivity contribution in [1.29, 1.82) is 0 Å². The van der Waals surface area contributed by atoms with Gasteiger partial charge in [-0.2, -0.15) is 4.98 Å². The fourth-order valence-corrected chi connectivity index (χ4v) is 4.08. The van der Waals surface area contributed by atoms with Gasteiger partial charge in [-0.25, -0.2) is 0 Å². The van der Waals surface area contributed by atoms with Crippen molar-refractivity contribution in [1.82, 2.24) is 10.1 Å². The summed E-state index contributed by atoms with van der Waals surface area (Å²) in [5, 5.41) is 7.01. The first-order valence-electron chi connectivity index (χ1n) is 10.3. The standard InChI is InChI=1S/C25H23N3O4S/c1-30-20-13-12-17(16-21(20)31-2)25-27-24(32-28-25)15-14-23(29)26-19-10-6-7-11-22(19)33-18-8-4-3-5-9-18/h3-13,16H,14-15H2,1-2H3,(H,26,29). The van der Waals surface area contributed by atoms with Gasteiger partial charge in [-0.05, 0) is 42.5 Å². The number of nitrogens with zero attached hydrogens (tertiary/aromatic N) is 2. The predicted octanol–water partition coefficient (Wildman–Crippen LogP) is 5.48. The van der Waals surface area contributed by atoms with Gasteiger partial charge in [-0.1, -0.05) is 47.3 Å². The number of para-hydroxylation sites is 1. The van der Waals surface area contributed by atoms with Gasteiger partial charge >= 0.3 is 0 Å². The van der Waals surface area contributed by atoms with E-state index in [4.69, 9.17) is 14.0 Å². The Hall–Kier alpha value is -3.78. The molecule has 1 amide bonds. The van der Waals surface area contributed by atoms with Crippen LogP contribution in [0.5, 0.6) is 11.5 Å². The number of carbonyl (C=O) groups is 1. The van der Waals surface area contributed by atoms with Crippen molar-refractivity contribution in [3.63, 3.8) is 0 Å². The summed E-state index contributed by atoms with van der Waals surface area (Å²) in [7, 11) is 3.15. The van der Waals surface area contributed by atoms with Gasteiger partial charge in [0.25, 0.3) is 0 Å². The maximum absolute atomic E-state index is 12.6. The van der Waals surface area contributed by atoms with Crippen molar-refractivity contribution in [3.8, 4) is 22.9 Å². The number of hydrogen-bond acceptors (Lipinski definition) is 7. The molecule has 0 atom stereocenters. The van der Waals surface area contributed by atoms with Crippen molar-refractivity contribution < 1.29 is 18.8 Å². The molecule has 1 N–H and O–H groups in total. The van der Waals surface area contributed by atoms with Crippen molar-refractivity contribution in [2.45, 2.75) is 22.6 Å². The van der Waals surface area contributed by atoms with Gasteiger partial charge in [0.05, 0.1) is 19.9 Å². The van der Waals surface area contributed by atoms with E-state index in [0.29, 0.717) is 29.6 Å². The Morgan fingerprint density at radius 3 is 2.52 bits per heavy atom. The van der Waals surface area contributed by atoms with E-state index in [2.05, 4.69) is 15.5 Å². The number of benzene rings is 3. The maximum atomic E-state index is 12.6. The summed E-state index contributed by atoms with van der Waals surface area (Å²) in [6, 6.07) is 23.1. The molecule has 0 spiro atoms. The zero-order chi connectivity index (χ0) is 23.0. The summed E-state index contributed by atoms with van der Waals surface area (Å²) in [6.07, 6.45) is 0.554. The lowest BCUT2D eigenvalue weighted by atomic mass is 10.2. The summed E-state index contributed by atoms with van der Waals surface area (Å²) < 4.78 is 15.9. The number of carbonyl (C=O) groups excluding carboxylic acids is 1. The molecule has 1 aromatic heterocycles. The Balaban J connectivity index is 1.37. The molecule has 8 heteroatoms. The molecule has 0 unspecified atom stereocenters. The number of aryl methyl sites for hydroxylation is 1. The molecular weight excluding hydrogens is 438 g/mol. The quantitative estimate of drug-likeness (QED) is 0.353. The second-order valence-corrected chi connectivity index (χ2v) is 8.16. The molecule has 7 nitrogen and oxygen atoms in total. The summed E-state index contributed by atoms with van der Waals surface area (Å²) in [5.74, 6) is 1.89. The van der Waals surface area contributed by atoms with Gasteiger partial charge in [0, 0.05) is 28.2 Å². The lowest BCUT2D eigenvalue weighted by molar-refractivity contribution is -0.116. The van der Waals surface area contributed by atoms with Crippen LogP contribution in [0.1, 0.15) is 12.3 Å². The zero-order valence-electron chi connectivity index (χ0n) is 18.3. The summed E-state index contributed by atoms with van der Waals surface area (Å²) in [5.41, 5.74) is 1.51. The zero-order valence-corrected chi connectivity index (χ0v) is 19.1. The Labute approximate surface area is 196 Å². The van der Waals surface area contributed by atoms with Gasteiger partial charge in [-0.15, -0.1) is 0 Å². The molecule has 0 saturated carbocycles. The van der Waals surface area contributed by atoms with Crippen LogP contribution in [-0.2, 0) is 11.2 Å². The molecule has 0 aliphatic carbocycles. The van der Waals surface area contributed by atoms with Gasteiger partial charge in [0.2, 0.25) is 17.6 Å². The van der Waals surface area contributed by atoms with E-state index in [1.165, 1.54) is 0 Å². The summed E-state index contributed by atoms with van der Waals surface area (Å²) in [4.78, 5) is 19.1. The lowest BCUT2D eigenvalue weighted by Crippen LogP contribution is -2.13. The van der Waals surface area contributed by atoms with Gasteiger partial charge in [-0.3, -0.25) is 4.79 Å². The largest absolute Gasteiger partial charge is 0.493 e. The number of methoxy groups -OCH3 is 2. The highest BCUT2D eigenvalue weighted by molar-refractivity contribution is 7.99. The number of hydrogen-bond donors (Lipinski definition) is 1. The molecular formula is C25H23N3O4S. The van der Waals surface area contributed by atoms with E-state index in [1.807, 2.05) is 60.7 Å². The van der Waals surface area contributed by atoms with Crippen molar-refractivity contribution >= 4 is 23.4 Å². The third-order valence-electron chi connectivity index (χ3n) is 4.81. The maximum Gasteiger partial charge on any atom is 0.227 e. The summed E-state index contributed by atoms with van der Waals surface area (Å²) in [6.45, 7) is 0. The normalized spacial score (nSPS) is 10.6. The molecule has 0 aliphatic rings. The number of nitrogens with one attached hydrogen (secondary N) is 1. The number of anilines is 1. The van der Waals surface area contributed by atoms with Crippen LogP contribution in [0, 0.1) is 0 Å². The third kappa shape index (κ3) is 5.72. The number of amides is 1. The van der Waals surface area contributed by atoms with Crippen LogP contribution >= 0.6 is 11.8 Å². The molecule has 0 radical (unpaired) electrons. The minimum absolute atomic E-state index is 0.123. The molecule has 3 aromatic carbocycles. The molecule has 0 aliphatic heterocycles. The molecule has 168 valence electrons. The monoisotopic (exact) mass is 461 g/mol. The average molecular weight is 462 g/mol. The van der Waals surface area contributed by atoms with Crippen molar-refractivity contribution in [2.24, 2.45) is 0 Å². The topological polar surface area (TPSA) is 86.5 Å². The molecule has 0 saturated heterocycles. The van der Waals surface area contributed by atoms with E-state index in [0.717, 1.165) is 21.0 Å². The van der Waals surface area contributed by atoms with Crippen LogP contribution in [-0.4, -0.2) is 30.3 Å².